The highest BCUT2D eigenvalue weighted by atomic mass is 16.4. The molecular weight excluding hydrogens is 256 g/mol. The van der Waals surface area contributed by atoms with E-state index in [2.05, 4.69) is 11.8 Å². The number of carbonyl (C=O) groups is 2. The molecule has 1 amide bonds. The Labute approximate surface area is 120 Å². The van der Waals surface area contributed by atoms with Gasteiger partial charge in [-0.25, -0.2) is 0 Å². The van der Waals surface area contributed by atoms with E-state index in [9.17, 15) is 14.7 Å². The first-order chi connectivity index (χ1) is 9.31. The van der Waals surface area contributed by atoms with Gasteiger partial charge >= 0.3 is 5.97 Å². The highest BCUT2D eigenvalue weighted by molar-refractivity contribution is 5.85. The zero-order valence-corrected chi connectivity index (χ0v) is 12.9. The largest absolute Gasteiger partial charge is 0.481 e. The van der Waals surface area contributed by atoms with E-state index in [4.69, 9.17) is 0 Å². The van der Waals surface area contributed by atoms with Crippen LogP contribution in [0.15, 0.2) is 0 Å². The Kier molecular flexibility index (Phi) is 4.37. The minimum absolute atomic E-state index is 0.0537. The monoisotopic (exact) mass is 282 g/mol. The molecular formula is C15H26N2O3. The highest BCUT2D eigenvalue weighted by Crippen LogP contribution is 2.38. The van der Waals surface area contributed by atoms with Crippen LogP contribution in [0, 0.1) is 23.7 Å². The van der Waals surface area contributed by atoms with Crippen LogP contribution < -0.4 is 0 Å². The second-order valence-electron chi connectivity index (χ2n) is 6.88. The molecule has 0 aromatic carbocycles. The van der Waals surface area contributed by atoms with Crippen molar-refractivity contribution in [1.29, 1.82) is 0 Å². The summed E-state index contributed by atoms with van der Waals surface area (Å²) in [6.45, 7) is 5.67. The zero-order valence-electron chi connectivity index (χ0n) is 12.9. The van der Waals surface area contributed by atoms with Crippen molar-refractivity contribution in [2.75, 3.05) is 27.2 Å². The molecule has 2 fully saturated rings. The normalized spacial score (nSPS) is 37.6. The predicted octanol–water partition coefficient (Wildman–Crippen LogP) is 1.14. The Hall–Kier alpha value is -1.10. The van der Waals surface area contributed by atoms with E-state index in [0.717, 1.165) is 13.1 Å². The van der Waals surface area contributed by atoms with Crippen molar-refractivity contribution in [3.05, 3.63) is 0 Å². The van der Waals surface area contributed by atoms with E-state index in [1.807, 2.05) is 25.9 Å². The standard InChI is InChI=1S/C15H26N2O3/c1-9-5-11(12(6-9)15(19)20)14(18)17-7-10(2)13(8-17)16(3)4/h9-13H,5-8H2,1-4H3,(H,19,20)/t9?,10?,11-,12+,13?/m0/s1. The van der Waals surface area contributed by atoms with Crippen LogP contribution in [0.3, 0.4) is 0 Å². The van der Waals surface area contributed by atoms with Crippen LogP contribution in [-0.2, 0) is 9.59 Å². The number of carboxylic acids is 1. The molecule has 5 nitrogen and oxygen atoms in total. The van der Waals surface area contributed by atoms with E-state index in [-0.39, 0.29) is 11.8 Å². The summed E-state index contributed by atoms with van der Waals surface area (Å²) >= 11 is 0. The molecule has 1 aliphatic heterocycles. The van der Waals surface area contributed by atoms with Crippen molar-refractivity contribution >= 4 is 11.9 Å². The minimum atomic E-state index is -0.816. The summed E-state index contributed by atoms with van der Waals surface area (Å²) in [4.78, 5) is 28.0. The van der Waals surface area contributed by atoms with Crippen LogP contribution in [0.1, 0.15) is 26.7 Å². The third kappa shape index (κ3) is 2.82. The molecule has 114 valence electrons. The SMILES string of the molecule is CC1C[C@H](C(=O)N2CC(C)C(N(C)C)C2)[C@H](C(=O)O)C1. The molecule has 0 radical (unpaired) electrons. The number of aliphatic carboxylic acids is 1. The number of amides is 1. The lowest BCUT2D eigenvalue weighted by molar-refractivity contribution is -0.148. The van der Waals surface area contributed by atoms with Crippen molar-refractivity contribution in [3.63, 3.8) is 0 Å². The van der Waals surface area contributed by atoms with Gasteiger partial charge in [0.15, 0.2) is 0 Å². The van der Waals surface area contributed by atoms with Gasteiger partial charge in [0, 0.05) is 19.1 Å². The van der Waals surface area contributed by atoms with Gasteiger partial charge in [-0.05, 0) is 38.8 Å². The summed E-state index contributed by atoms with van der Waals surface area (Å²) in [7, 11) is 4.07. The quantitative estimate of drug-likeness (QED) is 0.843. The fourth-order valence-corrected chi connectivity index (χ4v) is 3.87. The number of likely N-dealkylation sites (tertiary alicyclic amines) is 1. The Bertz CT molecular complexity index is 397. The zero-order chi connectivity index (χ0) is 15.0. The summed E-state index contributed by atoms with van der Waals surface area (Å²) in [5.74, 6) is -0.811. The van der Waals surface area contributed by atoms with Gasteiger partial charge in [0.25, 0.3) is 0 Å². The van der Waals surface area contributed by atoms with Gasteiger partial charge in [-0.3, -0.25) is 9.59 Å². The van der Waals surface area contributed by atoms with E-state index in [1.165, 1.54) is 0 Å². The van der Waals surface area contributed by atoms with E-state index in [0.29, 0.717) is 30.7 Å². The van der Waals surface area contributed by atoms with Crippen molar-refractivity contribution in [2.24, 2.45) is 23.7 Å². The molecule has 20 heavy (non-hydrogen) atoms. The molecule has 2 rings (SSSR count). The topological polar surface area (TPSA) is 60.9 Å². The third-order valence-electron chi connectivity index (χ3n) is 4.98. The molecule has 1 aliphatic carbocycles. The maximum Gasteiger partial charge on any atom is 0.307 e. The van der Waals surface area contributed by atoms with Crippen molar-refractivity contribution < 1.29 is 14.7 Å². The van der Waals surface area contributed by atoms with Gasteiger partial charge in [-0.1, -0.05) is 13.8 Å². The molecule has 1 heterocycles. The van der Waals surface area contributed by atoms with Crippen LogP contribution in [0.25, 0.3) is 0 Å². The van der Waals surface area contributed by atoms with Crippen molar-refractivity contribution in [3.8, 4) is 0 Å². The first kappa shape index (κ1) is 15.3. The summed E-state index contributed by atoms with van der Waals surface area (Å²) in [6.07, 6.45) is 1.35. The Morgan fingerprint density at radius 2 is 1.70 bits per heavy atom. The molecule has 5 heteroatoms. The number of nitrogens with zero attached hydrogens (tertiary/aromatic N) is 2. The molecule has 0 aromatic rings. The van der Waals surface area contributed by atoms with E-state index >= 15 is 0 Å². The van der Waals surface area contributed by atoms with Gasteiger partial charge < -0.3 is 14.9 Å². The molecule has 0 bridgehead atoms. The molecule has 0 spiro atoms. The second-order valence-corrected chi connectivity index (χ2v) is 6.88. The van der Waals surface area contributed by atoms with Crippen LogP contribution in [0.4, 0.5) is 0 Å². The number of carbonyl (C=O) groups excluding carboxylic acids is 1. The Balaban J connectivity index is 2.06. The van der Waals surface area contributed by atoms with Gasteiger partial charge in [0.1, 0.15) is 0 Å². The third-order valence-corrected chi connectivity index (χ3v) is 4.98. The lowest BCUT2D eigenvalue weighted by Crippen LogP contribution is -2.40. The Morgan fingerprint density at radius 1 is 1.10 bits per heavy atom. The summed E-state index contributed by atoms with van der Waals surface area (Å²) in [6, 6.07) is 0.376. The summed E-state index contributed by atoms with van der Waals surface area (Å²) in [5, 5.41) is 9.31. The number of carboxylic acid groups (broad SMARTS) is 1. The maximum atomic E-state index is 12.7. The van der Waals surface area contributed by atoms with Gasteiger partial charge in [-0.2, -0.15) is 0 Å². The van der Waals surface area contributed by atoms with Gasteiger partial charge in [-0.15, -0.1) is 0 Å². The minimum Gasteiger partial charge on any atom is -0.481 e. The second kappa shape index (κ2) is 5.72. The first-order valence-electron chi connectivity index (χ1n) is 7.49. The van der Waals surface area contributed by atoms with Crippen molar-refractivity contribution in [2.45, 2.75) is 32.7 Å². The van der Waals surface area contributed by atoms with Crippen LogP contribution in [-0.4, -0.2) is 60.0 Å². The van der Waals surface area contributed by atoms with Crippen LogP contribution in [0.2, 0.25) is 0 Å². The van der Waals surface area contributed by atoms with Crippen LogP contribution in [0.5, 0.6) is 0 Å². The lowest BCUT2D eigenvalue weighted by atomic mass is 9.95. The highest BCUT2D eigenvalue weighted by Gasteiger charge is 2.45. The maximum absolute atomic E-state index is 12.7. The molecule has 0 aromatic heterocycles. The molecule has 1 N–H and O–H groups in total. The Morgan fingerprint density at radius 3 is 2.20 bits per heavy atom. The van der Waals surface area contributed by atoms with E-state index in [1.54, 1.807) is 0 Å². The molecule has 1 saturated carbocycles. The fraction of sp³-hybridized carbons (Fsp3) is 0.867. The van der Waals surface area contributed by atoms with Gasteiger partial charge in [0.2, 0.25) is 5.91 Å². The predicted molar refractivity (Wildman–Crippen MR) is 76.2 cm³/mol. The number of likely N-dealkylation sites (N-methyl/N-ethyl adjacent to an activating group) is 1. The van der Waals surface area contributed by atoms with Gasteiger partial charge in [0.05, 0.1) is 11.8 Å². The average molecular weight is 282 g/mol. The average Bonchev–Trinajstić information content (AvgIpc) is 2.91. The molecule has 3 unspecified atom stereocenters. The first-order valence-corrected chi connectivity index (χ1v) is 7.49. The summed E-state index contributed by atoms with van der Waals surface area (Å²) < 4.78 is 0. The van der Waals surface area contributed by atoms with Crippen molar-refractivity contribution in [1.82, 2.24) is 9.80 Å². The van der Waals surface area contributed by atoms with E-state index < -0.39 is 11.9 Å². The molecule has 5 atom stereocenters. The molecule has 1 saturated heterocycles. The lowest BCUT2D eigenvalue weighted by Gasteiger charge is -2.24. The fourth-order valence-electron chi connectivity index (χ4n) is 3.87. The number of hydrogen-bond donors (Lipinski definition) is 1. The van der Waals surface area contributed by atoms with Crippen LogP contribution >= 0.6 is 0 Å². The molecule has 2 aliphatic rings. The summed E-state index contributed by atoms with van der Waals surface area (Å²) in [5.41, 5.74) is 0. The number of rotatable bonds is 3. The number of hydrogen-bond acceptors (Lipinski definition) is 3. The smallest absolute Gasteiger partial charge is 0.307 e.